The molecule has 0 aromatic heterocycles. The summed E-state index contributed by atoms with van der Waals surface area (Å²) in [6.07, 6.45) is 2.14. The Labute approximate surface area is 113 Å². The summed E-state index contributed by atoms with van der Waals surface area (Å²) in [7, 11) is -1.47. The van der Waals surface area contributed by atoms with Crippen molar-refractivity contribution in [3.8, 4) is 5.75 Å². The number of benzene rings is 1. The van der Waals surface area contributed by atoms with Gasteiger partial charge in [0.05, 0.1) is 12.7 Å². The molecule has 104 valence electrons. The smallest absolute Gasteiger partial charge is 0.488 e. The molecule has 1 heterocycles. The third-order valence-electron chi connectivity index (χ3n) is 3.03. The Kier molecular flexibility index (Phi) is 5.66. The van der Waals surface area contributed by atoms with Gasteiger partial charge in [-0.2, -0.15) is 0 Å². The Morgan fingerprint density at radius 2 is 2.00 bits per heavy atom. The van der Waals surface area contributed by atoms with Gasteiger partial charge in [-0.3, -0.25) is 0 Å². The highest BCUT2D eigenvalue weighted by atomic mass is 16.5. The molecule has 19 heavy (non-hydrogen) atoms. The van der Waals surface area contributed by atoms with Crippen molar-refractivity contribution in [2.45, 2.75) is 18.9 Å². The summed E-state index contributed by atoms with van der Waals surface area (Å²) in [5.74, 6) is 0.612. The SMILES string of the molecule is OB(O)c1cccc(OCCOC2CCOCC2)c1. The molecular weight excluding hydrogens is 247 g/mol. The van der Waals surface area contributed by atoms with E-state index in [0.29, 0.717) is 24.4 Å². The lowest BCUT2D eigenvalue weighted by atomic mass is 9.80. The number of rotatable bonds is 6. The second-order valence-electron chi connectivity index (χ2n) is 4.48. The fourth-order valence-electron chi connectivity index (χ4n) is 1.98. The Bertz CT molecular complexity index is 379. The maximum absolute atomic E-state index is 9.05. The highest BCUT2D eigenvalue weighted by Gasteiger charge is 2.14. The van der Waals surface area contributed by atoms with Crippen LogP contribution in [0.1, 0.15) is 12.8 Å². The minimum absolute atomic E-state index is 0.267. The van der Waals surface area contributed by atoms with Crippen molar-refractivity contribution < 1.29 is 24.3 Å². The van der Waals surface area contributed by atoms with E-state index in [1.807, 2.05) is 0 Å². The van der Waals surface area contributed by atoms with E-state index in [-0.39, 0.29) is 6.10 Å². The third-order valence-corrected chi connectivity index (χ3v) is 3.03. The van der Waals surface area contributed by atoms with E-state index in [9.17, 15) is 0 Å². The van der Waals surface area contributed by atoms with Crippen LogP contribution in [-0.2, 0) is 9.47 Å². The lowest BCUT2D eigenvalue weighted by Gasteiger charge is -2.22. The third kappa shape index (κ3) is 4.83. The van der Waals surface area contributed by atoms with Gasteiger partial charge in [-0.05, 0) is 30.4 Å². The summed E-state index contributed by atoms with van der Waals surface area (Å²) < 4.78 is 16.4. The second kappa shape index (κ2) is 7.50. The molecule has 0 aliphatic carbocycles. The van der Waals surface area contributed by atoms with Crippen molar-refractivity contribution >= 4 is 12.6 Å². The molecule has 2 N–H and O–H groups in total. The summed E-state index contributed by atoms with van der Waals surface area (Å²) in [5, 5.41) is 18.1. The van der Waals surface area contributed by atoms with E-state index in [1.165, 1.54) is 0 Å². The summed E-state index contributed by atoms with van der Waals surface area (Å²) in [5.41, 5.74) is 0.419. The molecule has 0 radical (unpaired) electrons. The standard InChI is InChI=1S/C13H19BO5/c15-14(16)11-2-1-3-13(10-11)19-9-8-18-12-4-6-17-7-5-12/h1-3,10,12,15-16H,4-9H2. The van der Waals surface area contributed by atoms with Gasteiger partial charge in [-0.25, -0.2) is 0 Å². The van der Waals surface area contributed by atoms with Crippen molar-refractivity contribution in [2.24, 2.45) is 0 Å². The lowest BCUT2D eigenvalue weighted by molar-refractivity contribution is -0.0388. The molecular formula is C13H19BO5. The monoisotopic (exact) mass is 266 g/mol. The molecule has 1 aliphatic heterocycles. The van der Waals surface area contributed by atoms with Crippen LogP contribution in [0, 0.1) is 0 Å². The van der Waals surface area contributed by atoms with E-state index in [2.05, 4.69) is 0 Å². The molecule has 5 nitrogen and oxygen atoms in total. The summed E-state index contributed by atoms with van der Waals surface area (Å²) in [4.78, 5) is 0. The zero-order chi connectivity index (χ0) is 13.5. The number of hydrogen-bond donors (Lipinski definition) is 2. The molecule has 0 saturated carbocycles. The number of ether oxygens (including phenoxy) is 3. The first-order valence-electron chi connectivity index (χ1n) is 6.54. The first-order chi connectivity index (χ1) is 9.25. The molecule has 1 saturated heterocycles. The Morgan fingerprint density at radius 3 is 2.74 bits per heavy atom. The first kappa shape index (κ1) is 14.3. The fraction of sp³-hybridized carbons (Fsp3) is 0.538. The van der Waals surface area contributed by atoms with E-state index < -0.39 is 7.12 Å². The molecule has 1 aliphatic rings. The van der Waals surface area contributed by atoms with Crippen LogP contribution in [0.4, 0.5) is 0 Å². The zero-order valence-corrected chi connectivity index (χ0v) is 10.8. The van der Waals surface area contributed by atoms with Crippen LogP contribution in [0.15, 0.2) is 24.3 Å². The molecule has 0 atom stereocenters. The fourth-order valence-corrected chi connectivity index (χ4v) is 1.98. The maximum Gasteiger partial charge on any atom is 0.488 e. The van der Waals surface area contributed by atoms with Crippen molar-refractivity contribution in [1.82, 2.24) is 0 Å². The normalized spacial score (nSPS) is 16.3. The van der Waals surface area contributed by atoms with E-state index >= 15 is 0 Å². The van der Waals surface area contributed by atoms with Gasteiger partial charge >= 0.3 is 7.12 Å². The van der Waals surface area contributed by atoms with Gasteiger partial charge in [-0.15, -0.1) is 0 Å². The van der Waals surface area contributed by atoms with Gasteiger partial charge in [-0.1, -0.05) is 12.1 Å². The van der Waals surface area contributed by atoms with Crippen molar-refractivity contribution in [3.05, 3.63) is 24.3 Å². The molecule has 0 unspecified atom stereocenters. The van der Waals surface area contributed by atoms with Gasteiger partial charge in [0.15, 0.2) is 0 Å². The van der Waals surface area contributed by atoms with Gasteiger partial charge in [0, 0.05) is 13.2 Å². The van der Waals surface area contributed by atoms with Gasteiger partial charge in [0.25, 0.3) is 0 Å². The molecule has 0 spiro atoms. The summed E-state index contributed by atoms with van der Waals surface area (Å²) in [6, 6.07) is 6.75. The summed E-state index contributed by atoms with van der Waals surface area (Å²) >= 11 is 0. The van der Waals surface area contributed by atoms with Crippen LogP contribution in [0.3, 0.4) is 0 Å². The van der Waals surface area contributed by atoms with E-state index in [0.717, 1.165) is 26.1 Å². The molecule has 0 amide bonds. The predicted octanol–water partition coefficient (Wildman–Crippen LogP) is -0.0592. The Morgan fingerprint density at radius 1 is 1.21 bits per heavy atom. The molecule has 1 aromatic carbocycles. The maximum atomic E-state index is 9.05. The van der Waals surface area contributed by atoms with E-state index in [4.69, 9.17) is 24.3 Å². The molecule has 1 fully saturated rings. The van der Waals surface area contributed by atoms with Gasteiger partial charge < -0.3 is 24.3 Å². The van der Waals surface area contributed by atoms with Crippen LogP contribution < -0.4 is 10.2 Å². The predicted molar refractivity (Wildman–Crippen MR) is 71.6 cm³/mol. The topological polar surface area (TPSA) is 68.2 Å². The quantitative estimate of drug-likeness (QED) is 0.557. The Balaban J connectivity index is 1.68. The Hall–Kier alpha value is -1.08. The summed E-state index contributed by atoms with van der Waals surface area (Å²) in [6.45, 7) is 2.50. The molecule has 6 heteroatoms. The van der Waals surface area contributed by atoms with Crippen LogP contribution in [-0.4, -0.2) is 49.7 Å². The van der Waals surface area contributed by atoms with Gasteiger partial charge in [0.1, 0.15) is 12.4 Å². The van der Waals surface area contributed by atoms with Crippen LogP contribution in [0.5, 0.6) is 5.75 Å². The highest BCUT2D eigenvalue weighted by molar-refractivity contribution is 6.58. The molecule has 0 bridgehead atoms. The minimum Gasteiger partial charge on any atom is -0.491 e. The highest BCUT2D eigenvalue weighted by Crippen LogP contribution is 2.11. The second-order valence-corrected chi connectivity index (χ2v) is 4.48. The average molecular weight is 266 g/mol. The van der Waals surface area contributed by atoms with E-state index in [1.54, 1.807) is 24.3 Å². The zero-order valence-electron chi connectivity index (χ0n) is 10.8. The minimum atomic E-state index is -1.47. The first-order valence-corrected chi connectivity index (χ1v) is 6.54. The lowest BCUT2D eigenvalue weighted by Crippen LogP contribution is -2.29. The average Bonchev–Trinajstić information content (AvgIpc) is 2.45. The van der Waals surface area contributed by atoms with Crippen LogP contribution in [0.2, 0.25) is 0 Å². The largest absolute Gasteiger partial charge is 0.491 e. The molecule has 1 aromatic rings. The number of hydrogen-bond acceptors (Lipinski definition) is 5. The van der Waals surface area contributed by atoms with Crippen molar-refractivity contribution in [2.75, 3.05) is 26.4 Å². The van der Waals surface area contributed by atoms with Gasteiger partial charge in [0.2, 0.25) is 0 Å². The van der Waals surface area contributed by atoms with Crippen molar-refractivity contribution in [1.29, 1.82) is 0 Å². The van der Waals surface area contributed by atoms with Crippen LogP contribution in [0.25, 0.3) is 0 Å². The van der Waals surface area contributed by atoms with Crippen LogP contribution >= 0.6 is 0 Å². The molecule has 2 rings (SSSR count). The van der Waals surface area contributed by atoms with Crippen molar-refractivity contribution in [3.63, 3.8) is 0 Å².